The van der Waals surface area contributed by atoms with Crippen LogP contribution in [0.4, 0.5) is 0 Å². The normalized spacial score (nSPS) is 18.0. The van der Waals surface area contributed by atoms with Crippen molar-refractivity contribution in [3.05, 3.63) is 28.8 Å². The number of hydrogen-bond acceptors (Lipinski definition) is 2. The molecule has 0 aliphatic carbocycles. The maximum Gasteiger partial charge on any atom is 0.243 e. The highest BCUT2D eigenvalue weighted by Gasteiger charge is 2.29. The third kappa shape index (κ3) is 3.92. The second-order valence-corrected chi connectivity index (χ2v) is 8.14. The Kier molecular flexibility index (Phi) is 5.95. The van der Waals surface area contributed by atoms with E-state index in [1.807, 2.05) is 0 Å². The van der Waals surface area contributed by atoms with Gasteiger partial charge in [-0.15, -0.1) is 11.6 Å². The minimum absolute atomic E-state index is 0.209. The molecule has 3 nitrogen and oxygen atoms in total. The first kappa shape index (κ1) is 17.1. The number of nitrogens with zero attached hydrogens (tertiary/aromatic N) is 1. The summed E-state index contributed by atoms with van der Waals surface area (Å²) in [5.74, 6) is 0.867. The molecule has 1 saturated heterocycles. The predicted octanol–water partition coefficient (Wildman–Crippen LogP) is 4.28. The van der Waals surface area contributed by atoms with Crippen LogP contribution in [0.1, 0.15) is 38.2 Å². The molecular weight excluding hydrogens is 329 g/mol. The molecule has 2 rings (SSSR count). The molecule has 0 amide bonds. The maximum absolute atomic E-state index is 12.7. The van der Waals surface area contributed by atoms with E-state index in [9.17, 15) is 8.42 Å². The lowest BCUT2D eigenvalue weighted by Crippen LogP contribution is -2.38. The van der Waals surface area contributed by atoms with Crippen molar-refractivity contribution in [1.29, 1.82) is 0 Å². The quantitative estimate of drug-likeness (QED) is 0.744. The van der Waals surface area contributed by atoms with Gasteiger partial charge in [0.25, 0.3) is 0 Å². The summed E-state index contributed by atoms with van der Waals surface area (Å²) in [7, 11) is -3.43. The van der Waals surface area contributed by atoms with Crippen molar-refractivity contribution in [1.82, 2.24) is 4.31 Å². The molecule has 0 aromatic heterocycles. The van der Waals surface area contributed by atoms with Gasteiger partial charge in [-0.25, -0.2) is 8.42 Å². The Hall–Kier alpha value is -0.290. The third-order valence-corrected chi connectivity index (χ3v) is 6.62. The van der Waals surface area contributed by atoms with Gasteiger partial charge >= 0.3 is 0 Å². The Bertz CT molecular complexity index is 581. The fourth-order valence-electron chi connectivity index (χ4n) is 2.81. The molecule has 118 valence electrons. The molecular formula is C15H21Cl2NO2S. The largest absolute Gasteiger partial charge is 0.243 e. The molecule has 0 atom stereocenters. The van der Waals surface area contributed by atoms with E-state index in [1.165, 1.54) is 6.42 Å². The number of halogens is 2. The molecule has 0 N–H and O–H groups in total. The molecule has 1 fully saturated rings. The van der Waals surface area contributed by atoms with E-state index in [-0.39, 0.29) is 10.8 Å². The van der Waals surface area contributed by atoms with Crippen LogP contribution in [0.5, 0.6) is 0 Å². The van der Waals surface area contributed by atoms with Crippen molar-refractivity contribution in [2.75, 3.05) is 13.1 Å². The zero-order valence-corrected chi connectivity index (χ0v) is 14.5. The lowest BCUT2D eigenvalue weighted by atomic mass is 9.94. The summed E-state index contributed by atoms with van der Waals surface area (Å²) in [4.78, 5) is 0.288. The van der Waals surface area contributed by atoms with Crippen LogP contribution in [0.3, 0.4) is 0 Å². The molecule has 21 heavy (non-hydrogen) atoms. The molecule has 6 heteroatoms. The number of benzene rings is 1. The van der Waals surface area contributed by atoms with Gasteiger partial charge in [0.05, 0.1) is 4.90 Å². The summed E-state index contributed by atoms with van der Waals surface area (Å²) in [6.07, 6.45) is 4.24. The van der Waals surface area contributed by atoms with Gasteiger partial charge in [-0.05, 0) is 42.5 Å². The lowest BCUT2D eigenvalue weighted by molar-refractivity contribution is 0.262. The van der Waals surface area contributed by atoms with Gasteiger partial charge in [0.15, 0.2) is 0 Å². The number of sulfonamides is 1. The summed E-state index contributed by atoms with van der Waals surface area (Å²) < 4.78 is 26.9. The van der Waals surface area contributed by atoms with Gasteiger partial charge in [-0.1, -0.05) is 31.4 Å². The molecule has 0 radical (unpaired) electrons. The van der Waals surface area contributed by atoms with E-state index >= 15 is 0 Å². The van der Waals surface area contributed by atoms with Crippen molar-refractivity contribution in [3.8, 4) is 0 Å². The highest BCUT2D eigenvalue weighted by molar-refractivity contribution is 7.89. The summed E-state index contributed by atoms with van der Waals surface area (Å²) >= 11 is 11.8. The smallest absolute Gasteiger partial charge is 0.207 e. The number of hydrogen-bond donors (Lipinski definition) is 0. The van der Waals surface area contributed by atoms with E-state index in [0.717, 1.165) is 19.3 Å². The fourth-order valence-corrected chi connectivity index (χ4v) is 4.80. The Morgan fingerprint density at radius 1 is 1.29 bits per heavy atom. The Morgan fingerprint density at radius 2 is 1.95 bits per heavy atom. The molecule has 1 aromatic carbocycles. The Balaban J connectivity index is 2.15. The van der Waals surface area contributed by atoms with Crippen molar-refractivity contribution < 1.29 is 8.42 Å². The number of alkyl halides is 1. The summed E-state index contributed by atoms with van der Waals surface area (Å²) in [5.41, 5.74) is 0.653. The third-order valence-electron chi connectivity index (χ3n) is 4.07. The highest BCUT2D eigenvalue weighted by Crippen LogP contribution is 2.28. The van der Waals surface area contributed by atoms with Crippen LogP contribution in [-0.2, 0) is 15.9 Å². The summed E-state index contributed by atoms with van der Waals surface area (Å²) in [5, 5.41) is 0.505. The second-order valence-electron chi connectivity index (χ2n) is 5.52. The Morgan fingerprint density at radius 3 is 2.52 bits per heavy atom. The van der Waals surface area contributed by atoms with Gasteiger partial charge in [0.1, 0.15) is 0 Å². The molecule has 1 aromatic rings. The minimum Gasteiger partial charge on any atom is -0.207 e. The van der Waals surface area contributed by atoms with E-state index in [4.69, 9.17) is 23.2 Å². The topological polar surface area (TPSA) is 37.4 Å². The van der Waals surface area contributed by atoms with Gasteiger partial charge in [0.2, 0.25) is 10.0 Å². The van der Waals surface area contributed by atoms with Crippen LogP contribution in [-0.4, -0.2) is 25.8 Å². The van der Waals surface area contributed by atoms with E-state index < -0.39 is 10.0 Å². The molecule has 1 heterocycles. The minimum atomic E-state index is -3.43. The molecule has 0 saturated carbocycles. The first-order valence-corrected chi connectivity index (χ1v) is 9.68. The molecule has 0 spiro atoms. The van der Waals surface area contributed by atoms with E-state index in [0.29, 0.717) is 29.6 Å². The number of piperidine rings is 1. The van der Waals surface area contributed by atoms with Crippen molar-refractivity contribution >= 4 is 33.2 Å². The van der Waals surface area contributed by atoms with Crippen molar-refractivity contribution in [2.24, 2.45) is 5.92 Å². The predicted molar refractivity (Wildman–Crippen MR) is 87.4 cm³/mol. The van der Waals surface area contributed by atoms with Gasteiger partial charge < -0.3 is 0 Å². The Labute approximate surface area is 137 Å². The average Bonchev–Trinajstić information content (AvgIpc) is 2.48. The molecule has 1 aliphatic heterocycles. The van der Waals surface area contributed by atoms with Crippen LogP contribution < -0.4 is 0 Å². The van der Waals surface area contributed by atoms with Crippen LogP contribution in [0.15, 0.2) is 23.1 Å². The van der Waals surface area contributed by atoms with Crippen LogP contribution in [0, 0.1) is 5.92 Å². The maximum atomic E-state index is 12.7. The van der Waals surface area contributed by atoms with Gasteiger partial charge in [-0.2, -0.15) is 4.31 Å². The van der Waals surface area contributed by atoms with Crippen LogP contribution >= 0.6 is 23.2 Å². The number of rotatable bonds is 5. The van der Waals surface area contributed by atoms with Gasteiger partial charge in [0, 0.05) is 24.0 Å². The highest BCUT2D eigenvalue weighted by atomic mass is 35.5. The first-order chi connectivity index (χ1) is 9.98. The monoisotopic (exact) mass is 349 g/mol. The zero-order chi connectivity index (χ0) is 15.5. The molecule has 1 aliphatic rings. The van der Waals surface area contributed by atoms with E-state index in [1.54, 1.807) is 22.5 Å². The summed E-state index contributed by atoms with van der Waals surface area (Å²) in [6, 6.07) is 4.75. The SMILES string of the molecule is CCCC1CCN(S(=O)(=O)c2ccc(Cl)c(CCl)c2)CC1. The first-order valence-electron chi connectivity index (χ1n) is 7.33. The fraction of sp³-hybridized carbons (Fsp3) is 0.600. The lowest BCUT2D eigenvalue weighted by Gasteiger charge is -2.31. The van der Waals surface area contributed by atoms with Gasteiger partial charge in [-0.3, -0.25) is 0 Å². The summed E-state index contributed by atoms with van der Waals surface area (Å²) in [6.45, 7) is 3.38. The zero-order valence-electron chi connectivity index (χ0n) is 12.2. The average molecular weight is 350 g/mol. The van der Waals surface area contributed by atoms with Crippen molar-refractivity contribution in [2.45, 2.75) is 43.4 Å². The molecule has 0 bridgehead atoms. The second kappa shape index (κ2) is 7.32. The van der Waals surface area contributed by atoms with E-state index in [2.05, 4.69) is 6.92 Å². The van der Waals surface area contributed by atoms with Crippen LogP contribution in [0.25, 0.3) is 0 Å². The van der Waals surface area contributed by atoms with Crippen molar-refractivity contribution in [3.63, 3.8) is 0 Å². The van der Waals surface area contributed by atoms with Crippen LogP contribution in [0.2, 0.25) is 5.02 Å². The standard InChI is InChI=1S/C15H21Cl2NO2S/c1-2-3-12-6-8-18(9-7-12)21(19,20)14-4-5-15(17)13(10-14)11-16/h4-5,10,12H,2-3,6-9,11H2,1H3. The molecule has 0 unspecified atom stereocenters.